The molecule has 1 atom stereocenters. The third-order valence-electron chi connectivity index (χ3n) is 9.42. The van der Waals surface area contributed by atoms with Gasteiger partial charge in [0.25, 0.3) is 0 Å². The summed E-state index contributed by atoms with van der Waals surface area (Å²) in [5.74, 6) is -1.07. The van der Waals surface area contributed by atoms with Crippen LogP contribution in [0.4, 0.5) is 0 Å². The van der Waals surface area contributed by atoms with Crippen LogP contribution in [0.2, 0.25) is 0 Å². The summed E-state index contributed by atoms with van der Waals surface area (Å²) in [6.45, 7) is 6.30. The molecule has 6 heteroatoms. The van der Waals surface area contributed by atoms with Crippen molar-refractivity contribution in [3.05, 3.63) is 85.1 Å². The fourth-order valence-corrected chi connectivity index (χ4v) is 5.96. The molecule has 0 aliphatic rings. The number of hydrogen-bond acceptors (Lipinski definition) is 6. The third-order valence-corrected chi connectivity index (χ3v) is 9.42. The van der Waals surface area contributed by atoms with Crippen molar-refractivity contribution in [1.82, 2.24) is 0 Å². The van der Waals surface area contributed by atoms with Gasteiger partial charge in [0.15, 0.2) is 6.10 Å². The second kappa shape index (κ2) is 45.3. The number of carbonyl (C=O) groups excluding carboxylic acids is 3. The van der Waals surface area contributed by atoms with Crippen LogP contribution in [0.25, 0.3) is 0 Å². The first-order chi connectivity index (χ1) is 28.0. The van der Waals surface area contributed by atoms with E-state index in [4.69, 9.17) is 14.2 Å². The Kier molecular flexibility index (Phi) is 42.6. The minimum atomic E-state index is -0.827. The van der Waals surface area contributed by atoms with Crippen LogP contribution in [0.1, 0.15) is 201 Å². The van der Waals surface area contributed by atoms with Crippen molar-refractivity contribution >= 4 is 17.9 Å². The van der Waals surface area contributed by atoms with Gasteiger partial charge in [-0.05, 0) is 77.0 Å². The molecule has 0 bridgehead atoms. The average Bonchev–Trinajstić information content (AvgIpc) is 3.21. The van der Waals surface area contributed by atoms with Crippen LogP contribution in [-0.2, 0) is 28.6 Å². The number of unbranched alkanes of at least 4 members (excludes halogenated alkanes) is 16. The van der Waals surface area contributed by atoms with E-state index in [-0.39, 0.29) is 31.6 Å². The fraction of sp³-hybridized carbons (Fsp3) is 0.667. The Balaban J connectivity index is 4.33. The summed E-state index contributed by atoms with van der Waals surface area (Å²) in [6.07, 6.45) is 57.7. The van der Waals surface area contributed by atoms with Crippen molar-refractivity contribution in [3.63, 3.8) is 0 Å². The second-order valence-corrected chi connectivity index (χ2v) is 14.9. The monoisotopic (exact) mass is 793 g/mol. The zero-order valence-corrected chi connectivity index (χ0v) is 36.8. The van der Waals surface area contributed by atoms with Gasteiger partial charge in [0.05, 0.1) is 6.42 Å². The highest BCUT2D eigenvalue weighted by Gasteiger charge is 2.19. The van der Waals surface area contributed by atoms with E-state index in [0.717, 1.165) is 89.9 Å². The summed E-state index contributed by atoms with van der Waals surface area (Å²) in [6, 6.07) is 0. The predicted molar refractivity (Wildman–Crippen MR) is 242 cm³/mol. The van der Waals surface area contributed by atoms with Gasteiger partial charge in [-0.3, -0.25) is 14.4 Å². The Morgan fingerprint density at radius 3 is 1.19 bits per heavy atom. The molecule has 0 saturated heterocycles. The van der Waals surface area contributed by atoms with E-state index < -0.39 is 12.1 Å². The molecule has 0 saturated carbocycles. The number of ether oxygens (including phenoxy) is 3. The maximum Gasteiger partial charge on any atom is 0.310 e. The van der Waals surface area contributed by atoms with Crippen molar-refractivity contribution in [2.45, 2.75) is 207 Å². The van der Waals surface area contributed by atoms with Crippen molar-refractivity contribution in [1.29, 1.82) is 0 Å². The highest BCUT2D eigenvalue weighted by atomic mass is 16.6. The smallest absolute Gasteiger partial charge is 0.310 e. The molecule has 0 aliphatic carbocycles. The summed E-state index contributed by atoms with van der Waals surface area (Å²) in [5.41, 5.74) is 0. The molecule has 0 aromatic carbocycles. The van der Waals surface area contributed by atoms with Gasteiger partial charge < -0.3 is 14.2 Å². The average molecular weight is 793 g/mol. The number of carbonyl (C=O) groups is 3. The van der Waals surface area contributed by atoms with E-state index in [0.29, 0.717) is 12.8 Å². The molecule has 57 heavy (non-hydrogen) atoms. The lowest BCUT2D eigenvalue weighted by molar-refractivity contribution is -0.166. The molecule has 0 aromatic rings. The normalized spacial score (nSPS) is 12.8. The van der Waals surface area contributed by atoms with E-state index in [2.05, 4.69) is 93.7 Å². The van der Waals surface area contributed by atoms with Crippen LogP contribution in [0.15, 0.2) is 85.1 Å². The van der Waals surface area contributed by atoms with E-state index in [9.17, 15) is 14.4 Å². The summed E-state index contributed by atoms with van der Waals surface area (Å²) in [5, 5.41) is 0. The Morgan fingerprint density at radius 1 is 0.386 bits per heavy atom. The van der Waals surface area contributed by atoms with Gasteiger partial charge in [-0.2, -0.15) is 0 Å². The zero-order chi connectivity index (χ0) is 41.5. The van der Waals surface area contributed by atoms with Crippen LogP contribution in [0.5, 0.6) is 0 Å². The van der Waals surface area contributed by atoms with E-state index in [1.54, 1.807) is 6.08 Å². The molecule has 0 aliphatic heterocycles. The summed E-state index contributed by atoms with van der Waals surface area (Å²) in [7, 11) is 0. The number of esters is 3. The number of hydrogen-bond donors (Lipinski definition) is 0. The maximum atomic E-state index is 12.6. The van der Waals surface area contributed by atoms with Crippen LogP contribution < -0.4 is 0 Å². The topological polar surface area (TPSA) is 78.9 Å². The standard InChI is InChI=1S/C51H84O6/c1-4-7-10-13-15-17-19-21-23-24-25-26-28-29-31-33-35-38-41-44-50(53)56-47-48(46-55-49(52)43-40-37-12-9-6-3)57-51(54)45-42-39-36-34-32-30-27-22-20-18-16-14-11-8-5-2/h8,11,15-18,21-23,27,32,34,39,42,48H,4-7,9-10,12-14,19-20,24-26,28-31,33,35-38,40-41,43-47H2,1-3H3/b11-8-,17-15-,18-16-,23-21-,27-22-,34-32-,42-39-. The lowest BCUT2D eigenvalue weighted by Gasteiger charge is -2.18. The molecule has 0 amide bonds. The van der Waals surface area contributed by atoms with Gasteiger partial charge in [0.1, 0.15) is 13.2 Å². The molecule has 1 unspecified atom stereocenters. The van der Waals surface area contributed by atoms with E-state index in [1.165, 1.54) is 70.6 Å². The van der Waals surface area contributed by atoms with Crippen LogP contribution in [0.3, 0.4) is 0 Å². The minimum absolute atomic E-state index is 0.0953. The SMILES string of the molecule is CC/C=C\C/C=C\C/C=C\C/C=C\C/C=C\CC(=O)OC(COC(=O)CCCCCCC)COC(=O)CCCCCCCCCCC/C=C\C/C=C\CCCCC. The Bertz CT molecular complexity index is 1140. The highest BCUT2D eigenvalue weighted by Crippen LogP contribution is 2.13. The summed E-state index contributed by atoms with van der Waals surface area (Å²) in [4.78, 5) is 37.4. The van der Waals surface area contributed by atoms with Gasteiger partial charge in [-0.1, -0.05) is 189 Å². The lowest BCUT2D eigenvalue weighted by Crippen LogP contribution is -2.30. The van der Waals surface area contributed by atoms with E-state index in [1.807, 2.05) is 6.08 Å². The quantitative estimate of drug-likeness (QED) is 0.0266. The molecule has 324 valence electrons. The second-order valence-electron chi connectivity index (χ2n) is 14.9. The van der Waals surface area contributed by atoms with Gasteiger partial charge in [-0.15, -0.1) is 0 Å². The number of allylic oxidation sites excluding steroid dienone is 13. The Labute approximate surface area is 350 Å². The van der Waals surface area contributed by atoms with Crippen molar-refractivity contribution in [2.24, 2.45) is 0 Å². The fourth-order valence-electron chi connectivity index (χ4n) is 5.96. The lowest BCUT2D eigenvalue weighted by atomic mass is 10.1. The Hall–Kier alpha value is -3.41. The summed E-state index contributed by atoms with van der Waals surface area (Å²) < 4.78 is 16.5. The molecule has 0 fully saturated rings. The Morgan fingerprint density at radius 2 is 0.737 bits per heavy atom. The van der Waals surface area contributed by atoms with Crippen LogP contribution >= 0.6 is 0 Å². The van der Waals surface area contributed by atoms with Gasteiger partial charge in [0, 0.05) is 12.8 Å². The molecule has 0 heterocycles. The third kappa shape index (κ3) is 43.6. The van der Waals surface area contributed by atoms with Gasteiger partial charge in [0.2, 0.25) is 0 Å². The van der Waals surface area contributed by atoms with Crippen molar-refractivity contribution in [3.8, 4) is 0 Å². The molecule has 0 N–H and O–H groups in total. The largest absolute Gasteiger partial charge is 0.462 e. The molecule has 6 nitrogen and oxygen atoms in total. The highest BCUT2D eigenvalue weighted by molar-refractivity contribution is 5.72. The molecule has 0 radical (unpaired) electrons. The maximum absolute atomic E-state index is 12.6. The first-order valence-corrected chi connectivity index (χ1v) is 23.1. The van der Waals surface area contributed by atoms with Crippen LogP contribution in [-0.4, -0.2) is 37.2 Å². The first-order valence-electron chi connectivity index (χ1n) is 23.1. The minimum Gasteiger partial charge on any atom is -0.462 e. The molecular formula is C51H84O6. The molecule has 0 rings (SSSR count). The van der Waals surface area contributed by atoms with Crippen molar-refractivity contribution in [2.75, 3.05) is 13.2 Å². The molecular weight excluding hydrogens is 709 g/mol. The number of rotatable bonds is 40. The molecule has 0 aromatic heterocycles. The first kappa shape index (κ1) is 53.6. The van der Waals surface area contributed by atoms with Crippen molar-refractivity contribution < 1.29 is 28.6 Å². The van der Waals surface area contributed by atoms with Gasteiger partial charge >= 0.3 is 17.9 Å². The van der Waals surface area contributed by atoms with E-state index >= 15 is 0 Å². The molecule has 0 spiro atoms. The zero-order valence-electron chi connectivity index (χ0n) is 36.8. The van der Waals surface area contributed by atoms with Gasteiger partial charge in [-0.25, -0.2) is 0 Å². The summed E-state index contributed by atoms with van der Waals surface area (Å²) >= 11 is 0. The predicted octanol–water partition coefficient (Wildman–Crippen LogP) is 14.9. The van der Waals surface area contributed by atoms with Crippen LogP contribution in [0, 0.1) is 0 Å².